The molecule has 1 aromatic heterocycles. The van der Waals surface area contributed by atoms with Gasteiger partial charge in [-0.2, -0.15) is 9.40 Å². The number of amides is 1. The lowest BCUT2D eigenvalue weighted by Crippen LogP contribution is -2.40. The van der Waals surface area contributed by atoms with Crippen molar-refractivity contribution < 1.29 is 17.9 Å². The number of rotatable bonds is 7. The van der Waals surface area contributed by atoms with Crippen molar-refractivity contribution in [3.05, 3.63) is 72.4 Å². The number of hydrogen-bond acceptors (Lipinski definition) is 5. The highest BCUT2D eigenvalue weighted by Gasteiger charge is 2.26. The Balaban J connectivity index is 1.31. The molecule has 2 aromatic carbocycles. The van der Waals surface area contributed by atoms with Gasteiger partial charge in [0.05, 0.1) is 23.8 Å². The second-order valence-electron chi connectivity index (χ2n) is 7.19. The first-order chi connectivity index (χ1) is 15.0. The maximum Gasteiger partial charge on any atom is 0.243 e. The zero-order valence-electron chi connectivity index (χ0n) is 17.0. The smallest absolute Gasteiger partial charge is 0.243 e. The minimum absolute atomic E-state index is 0.150. The van der Waals surface area contributed by atoms with E-state index in [1.165, 1.54) is 4.31 Å². The van der Waals surface area contributed by atoms with E-state index in [4.69, 9.17) is 4.74 Å². The van der Waals surface area contributed by atoms with Gasteiger partial charge in [-0.1, -0.05) is 30.3 Å². The van der Waals surface area contributed by atoms with Gasteiger partial charge in [0.15, 0.2) is 5.82 Å². The van der Waals surface area contributed by atoms with Crippen molar-refractivity contribution in [3.8, 4) is 5.69 Å². The third-order valence-electron chi connectivity index (χ3n) is 5.05. The highest BCUT2D eigenvalue weighted by molar-refractivity contribution is 7.89. The van der Waals surface area contributed by atoms with E-state index in [2.05, 4.69) is 10.4 Å². The van der Waals surface area contributed by atoms with Gasteiger partial charge in [0.1, 0.15) is 0 Å². The number of para-hydroxylation sites is 1. The molecule has 1 fully saturated rings. The molecule has 1 N–H and O–H groups in total. The van der Waals surface area contributed by atoms with E-state index in [0.29, 0.717) is 38.5 Å². The third-order valence-corrected chi connectivity index (χ3v) is 6.96. The van der Waals surface area contributed by atoms with Gasteiger partial charge >= 0.3 is 0 Å². The quantitative estimate of drug-likeness (QED) is 0.609. The summed E-state index contributed by atoms with van der Waals surface area (Å²) in [5, 5.41) is 7.16. The van der Waals surface area contributed by atoms with Crippen LogP contribution in [0.2, 0.25) is 0 Å². The number of anilines is 1. The molecule has 0 spiro atoms. The Morgan fingerprint density at radius 1 is 1.00 bits per heavy atom. The molecule has 8 nitrogen and oxygen atoms in total. The Morgan fingerprint density at radius 2 is 1.71 bits per heavy atom. The SMILES string of the molecule is O=C(CCc1ccc(S(=O)(=O)N2CCOCC2)cc1)Nc1ccn(-c2ccccc2)n1. The normalized spacial score (nSPS) is 15.0. The van der Waals surface area contributed by atoms with Crippen LogP contribution >= 0.6 is 0 Å². The molecule has 1 amide bonds. The minimum Gasteiger partial charge on any atom is -0.379 e. The zero-order chi connectivity index (χ0) is 21.7. The van der Waals surface area contributed by atoms with Gasteiger partial charge in [-0.15, -0.1) is 0 Å². The first-order valence-corrected chi connectivity index (χ1v) is 11.5. The molecule has 0 radical (unpaired) electrons. The molecule has 162 valence electrons. The summed E-state index contributed by atoms with van der Waals surface area (Å²) in [6.07, 6.45) is 2.56. The van der Waals surface area contributed by atoms with E-state index in [-0.39, 0.29) is 17.2 Å². The van der Waals surface area contributed by atoms with Crippen molar-refractivity contribution in [1.82, 2.24) is 14.1 Å². The second kappa shape index (κ2) is 9.42. The van der Waals surface area contributed by atoms with E-state index in [9.17, 15) is 13.2 Å². The molecule has 1 aliphatic heterocycles. The molecule has 9 heteroatoms. The van der Waals surface area contributed by atoms with Gasteiger partial charge in [-0.25, -0.2) is 13.1 Å². The number of benzene rings is 2. The first kappa shape index (κ1) is 21.2. The fourth-order valence-electron chi connectivity index (χ4n) is 3.34. The Bertz CT molecular complexity index is 1120. The summed E-state index contributed by atoms with van der Waals surface area (Å²) in [7, 11) is -3.51. The number of aryl methyl sites for hydroxylation is 1. The van der Waals surface area contributed by atoms with Gasteiger partial charge in [0.2, 0.25) is 15.9 Å². The molecule has 0 unspecified atom stereocenters. The van der Waals surface area contributed by atoms with Crippen LogP contribution in [0.15, 0.2) is 71.8 Å². The predicted molar refractivity (Wildman–Crippen MR) is 117 cm³/mol. The van der Waals surface area contributed by atoms with Crippen LogP contribution in [0.5, 0.6) is 0 Å². The van der Waals surface area contributed by atoms with Crippen molar-refractivity contribution in [2.24, 2.45) is 0 Å². The summed E-state index contributed by atoms with van der Waals surface area (Å²) in [5.74, 6) is 0.337. The van der Waals surface area contributed by atoms with Gasteiger partial charge in [0.25, 0.3) is 0 Å². The number of aromatic nitrogens is 2. The van der Waals surface area contributed by atoms with Crippen LogP contribution in [0, 0.1) is 0 Å². The van der Waals surface area contributed by atoms with Crippen molar-refractivity contribution in [1.29, 1.82) is 0 Å². The Kier molecular flexibility index (Phi) is 6.45. The van der Waals surface area contributed by atoms with Crippen LogP contribution in [0.25, 0.3) is 5.69 Å². The Morgan fingerprint density at radius 3 is 2.42 bits per heavy atom. The lowest BCUT2D eigenvalue weighted by Gasteiger charge is -2.26. The maximum atomic E-state index is 12.7. The van der Waals surface area contributed by atoms with E-state index >= 15 is 0 Å². The first-order valence-electron chi connectivity index (χ1n) is 10.1. The summed E-state index contributed by atoms with van der Waals surface area (Å²) in [6, 6.07) is 18.1. The van der Waals surface area contributed by atoms with Crippen molar-refractivity contribution >= 4 is 21.7 Å². The number of carbonyl (C=O) groups is 1. The van der Waals surface area contributed by atoms with Crippen LogP contribution in [0.1, 0.15) is 12.0 Å². The molecule has 0 saturated carbocycles. The number of morpholine rings is 1. The highest BCUT2D eigenvalue weighted by Crippen LogP contribution is 2.18. The fourth-order valence-corrected chi connectivity index (χ4v) is 4.75. The monoisotopic (exact) mass is 440 g/mol. The number of nitrogens with zero attached hydrogens (tertiary/aromatic N) is 3. The molecule has 0 aliphatic carbocycles. The van der Waals surface area contributed by atoms with Gasteiger partial charge in [-0.05, 0) is 36.2 Å². The minimum atomic E-state index is -3.51. The summed E-state index contributed by atoms with van der Waals surface area (Å²) in [6.45, 7) is 1.56. The van der Waals surface area contributed by atoms with E-state index in [1.807, 2.05) is 30.3 Å². The Hall–Kier alpha value is -3.01. The summed E-state index contributed by atoms with van der Waals surface area (Å²) in [5.41, 5.74) is 1.81. The topological polar surface area (TPSA) is 93.5 Å². The number of sulfonamides is 1. The van der Waals surface area contributed by atoms with Crippen molar-refractivity contribution in [2.45, 2.75) is 17.7 Å². The van der Waals surface area contributed by atoms with E-state index in [1.54, 1.807) is 41.2 Å². The summed E-state index contributed by atoms with van der Waals surface area (Å²) in [4.78, 5) is 12.5. The van der Waals surface area contributed by atoms with Gasteiger partial charge < -0.3 is 10.1 Å². The maximum absolute atomic E-state index is 12.7. The molecule has 1 saturated heterocycles. The van der Waals surface area contributed by atoms with Crippen LogP contribution < -0.4 is 5.32 Å². The van der Waals surface area contributed by atoms with E-state index in [0.717, 1.165) is 11.3 Å². The van der Waals surface area contributed by atoms with Gasteiger partial charge in [0, 0.05) is 31.8 Å². The van der Waals surface area contributed by atoms with Crippen molar-refractivity contribution in [2.75, 3.05) is 31.6 Å². The number of hydrogen-bond donors (Lipinski definition) is 1. The zero-order valence-corrected chi connectivity index (χ0v) is 17.8. The molecule has 0 bridgehead atoms. The Labute approximate surface area is 181 Å². The van der Waals surface area contributed by atoms with Gasteiger partial charge in [-0.3, -0.25) is 4.79 Å². The summed E-state index contributed by atoms with van der Waals surface area (Å²) >= 11 is 0. The largest absolute Gasteiger partial charge is 0.379 e. The number of ether oxygens (including phenoxy) is 1. The molecule has 4 rings (SSSR count). The fraction of sp³-hybridized carbons (Fsp3) is 0.273. The van der Waals surface area contributed by atoms with Crippen LogP contribution in [0.3, 0.4) is 0 Å². The third kappa shape index (κ3) is 5.19. The molecule has 2 heterocycles. The van der Waals surface area contributed by atoms with Crippen LogP contribution in [-0.4, -0.2) is 54.7 Å². The number of carbonyl (C=O) groups excluding carboxylic acids is 1. The molecule has 3 aromatic rings. The lowest BCUT2D eigenvalue weighted by atomic mass is 10.1. The number of nitrogens with one attached hydrogen (secondary N) is 1. The average Bonchev–Trinajstić information content (AvgIpc) is 3.27. The second-order valence-corrected chi connectivity index (χ2v) is 9.13. The molecule has 0 atom stereocenters. The standard InChI is InChI=1S/C22H24N4O4S/c27-22(23-21-12-13-26(24-21)19-4-2-1-3-5-19)11-8-18-6-9-20(10-7-18)31(28,29)25-14-16-30-17-15-25/h1-7,9-10,12-13H,8,11,14-17H2,(H,23,24,27). The molecule has 31 heavy (non-hydrogen) atoms. The van der Waals surface area contributed by atoms with E-state index < -0.39 is 10.0 Å². The molecular formula is C22H24N4O4S. The van der Waals surface area contributed by atoms with Crippen LogP contribution in [-0.2, 0) is 26.0 Å². The lowest BCUT2D eigenvalue weighted by molar-refractivity contribution is -0.116. The highest BCUT2D eigenvalue weighted by atomic mass is 32.2. The predicted octanol–water partition coefficient (Wildman–Crippen LogP) is 2.46. The van der Waals surface area contributed by atoms with Crippen LogP contribution in [0.4, 0.5) is 5.82 Å². The average molecular weight is 441 g/mol. The summed E-state index contributed by atoms with van der Waals surface area (Å²) < 4.78 is 33.7. The molecule has 1 aliphatic rings. The van der Waals surface area contributed by atoms with Crippen molar-refractivity contribution in [3.63, 3.8) is 0 Å². The molecular weight excluding hydrogens is 416 g/mol.